The minimum atomic E-state index is -0.204. The number of carbonyl (C=O) groups is 2. The van der Waals surface area contributed by atoms with E-state index in [4.69, 9.17) is 4.74 Å². The average molecular weight is 449 g/mol. The molecular weight excluding hydrogens is 420 g/mol. The minimum absolute atomic E-state index is 0.144. The van der Waals surface area contributed by atoms with Crippen LogP contribution in [0.25, 0.3) is 11.0 Å². The number of H-pyrrole nitrogens is 1. The van der Waals surface area contributed by atoms with Gasteiger partial charge in [-0.05, 0) is 38.0 Å². The number of benzene rings is 1. The summed E-state index contributed by atoms with van der Waals surface area (Å²) in [7, 11) is 1.56. The van der Waals surface area contributed by atoms with Gasteiger partial charge in [-0.2, -0.15) is 0 Å². The first-order valence-electron chi connectivity index (χ1n) is 11.4. The fourth-order valence-electron chi connectivity index (χ4n) is 4.65. The summed E-state index contributed by atoms with van der Waals surface area (Å²) >= 11 is 0. The monoisotopic (exact) mass is 448 g/mol. The third-order valence-corrected chi connectivity index (χ3v) is 6.33. The van der Waals surface area contributed by atoms with Crippen molar-refractivity contribution in [3.05, 3.63) is 47.8 Å². The topological polar surface area (TPSA) is 93.8 Å². The lowest BCUT2D eigenvalue weighted by Crippen LogP contribution is -2.47. The molecule has 0 bridgehead atoms. The van der Waals surface area contributed by atoms with Crippen LogP contribution >= 0.6 is 0 Å². The van der Waals surface area contributed by atoms with Crippen LogP contribution in [-0.2, 0) is 6.54 Å². The Labute approximate surface area is 192 Å². The molecule has 0 unspecified atom stereocenters. The summed E-state index contributed by atoms with van der Waals surface area (Å²) in [5.74, 6) is 0.321. The van der Waals surface area contributed by atoms with Crippen LogP contribution in [0.5, 0.6) is 5.75 Å². The van der Waals surface area contributed by atoms with Gasteiger partial charge in [-0.15, -0.1) is 0 Å². The molecule has 9 heteroatoms. The Morgan fingerprint density at radius 2 is 2.03 bits per heavy atom. The minimum Gasteiger partial charge on any atom is -0.497 e. The van der Waals surface area contributed by atoms with E-state index in [1.54, 1.807) is 41.3 Å². The standard InChI is InChI=1S/C24H28N6O3/c1-3-29-21-17(14-26-22-20(21)7-8-25-22)15-30(24(29)32)18-11-16(12-19(13-18)33-2)23(31)27-28-9-5-4-6-10-28/h7-8,11-14H,3-6,9-10,15H2,1-2H3,(H,25,26)(H,27,31). The number of ether oxygens (including phenoxy) is 1. The fourth-order valence-corrected chi connectivity index (χ4v) is 4.65. The zero-order valence-corrected chi connectivity index (χ0v) is 18.9. The van der Waals surface area contributed by atoms with Gasteiger partial charge >= 0.3 is 6.03 Å². The second-order valence-electron chi connectivity index (χ2n) is 8.39. The molecule has 0 atom stereocenters. The molecule has 0 aliphatic carbocycles. The summed E-state index contributed by atoms with van der Waals surface area (Å²) in [6.45, 7) is 4.51. The van der Waals surface area contributed by atoms with Gasteiger partial charge in [-0.1, -0.05) is 6.42 Å². The Hall–Kier alpha value is -3.59. The van der Waals surface area contributed by atoms with E-state index in [2.05, 4.69) is 15.4 Å². The average Bonchev–Trinajstić information content (AvgIpc) is 3.33. The number of fused-ring (bicyclic) bond motifs is 3. The number of nitrogens with zero attached hydrogens (tertiary/aromatic N) is 4. The molecule has 4 heterocycles. The largest absolute Gasteiger partial charge is 0.497 e. The van der Waals surface area contributed by atoms with Gasteiger partial charge in [-0.3, -0.25) is 20.0 Å². The first-order chi connectivity index (χ1) is 16.1. The number of methoxy groups -OCH3 is 1. The quantitative estimate of drug-likeness (QED) is 0.621. The maximum atomic E-state index is 13.6. The molecule has 2 aliphatic heterocycles. The van der Waals surface area contributed by atoms with E-state index in [0.717, 1.165) is 48.2 Å². The molecule has 3 aromatic rings. The van der Waals surface area contributed by atoms with Gasteiger partial charge in [-0.25, -0.2) is 14.8 Å². The number of anilines is 2. The smallest absolute Gasteiger partial charge is 0.329 e. The zero-order chi connectivity index (χ0) is 22.9. The van der Waals surface area contributed by atoms with Crippen molar-refractivity contribution in [1.82, 2.24) is 20.4 Å². The highest BCUT2D eigenvalue weighted by atomic mass is 16.5. The molecule has 1 aromatic carbocycles. The first-order valence-corrected chi connectivity index (χ1v) is 11.4. The number of hydrogen-bond acceptors (Lipinski definition) is 5. The maximum absolute atomic E-state index is 13.6. The van der Waals surface area contributed by atoms with Gasteiger partial charge in [0.2, 0.25) is 0 Å². The van der Waals surface area contributed by atoms with E-state index in [9.17, 15) is 9.59 Å². The summed E-state index contributed by atoms with van der Waals surface area (Å²) in [5, 5.41) is 2.88. The van der Waals surface area contributed by atoms with E-state index in [1.807, 2.05) is 24.2 Å². The first kappa shape index (κ1) is 21.3. The third-order valence-electron chi connectivity index (χ3n) is 6.33. The summed E-state index contributed by atoms with van der Waals surface area (Å²) < 4.78 is 5.47. The lowest BCUT2D eigenvalue weighted by Gasteiger charge is -2.37. The molecule has 2 aromatic heterocycles. The number of aromatic amines is 1. The predicted octanol–water partition coefficient (Wildman–Crippen LogP) is 3.67. The van der Waals surface area contributed by atoms with E-state index in [0.29, 0.717) is 30.1 Å². The molecule has 0 radical (unpaired) electrons. The highest BCUT2D eigenvalue weighted by Gasteiger charge is 2.33. The molecule has 33 heavy (non-hydrogen) atoms. The highest BCUT2D eigenvalue weighted by molar-refractivity contribution is 6.11. The van der Waals surface area contributed by atoms with Crippen molar-refractivity contribution in [1.29, 1.82) is 0 Å². The Balaban J connectivity index is 1.49. The van der Waals surface area contributed by atoms with Gasteiger partial charge in [0.15, 0.2) is 0 Å². The van der Waals surface area contributed by atoms with Crippen LogP contribution in [-0.4, -0.2) is 53.7 Å². The van der Waals surface area contributed by atoms with E-state index < -0.39 is 0 Å². The number of hydrazine groups is 1. The van der Waals surface area contributed by atoms with E-state index >= 15 is 0 Å². The predicted molar refractivity (Wildman–Crippen MR) is 127 cm³/mol. The summed E-state index contributed by atoms with van der Waals surface area (Å²) in [6, 6.07) is 7.04. The van der Waals surface area contributed by atoms with Crippen LogP contribution in [0.15, 0.2) is 36.7 Å². The molecule has 1 saturated heterocycles. The number of urea groups is 1. The summed E-state index contributed by atoms with van der Waals surface area (Å²) in [4.78, 5) is 37.6. The van der Waals surface area contributed by atoms with Crippen molar-refractivity contribution in [2.75, 3.05) is 36.5 Å². The van der Waals surface area contributed by atoms with Gasteiger partial charge in [0.1, 0.15) is 11.4 Å². The molecular formula is C24H28N6O3. The molecule has 0 spiro atoms. The Bertz CT molecular complexity index is 1200. The summed E-state index contributed by atoms with van der Waals surface area (Å²) in [5.41, 5.74) is 6.65. The highest BCUT2D eigenvalue weighted by Crippen LogP contribution is 2.37. The van der Waals surface area contributed by atoms with Crippen molar-refractivity contribution in [3.63, 3.8) is 0 Å². The molecule has 172 valence electrons. The van der Waals surface area contributed by atoms with Crippen LogP contribution in [0.2, 0.25) is 0 Å². The molecule has 2 aliphatic rings. The second-order valence-corrected chi connectivity index (χ2v) is 8.39. The van der Waals surface area contributed by atoms with Gasteiger partial charge in [0.05, 0.1) is 25.0 Å². The number of piperidine rings is 1. The molecule has 2 N–H and O–H groups in total. The van der Waals surface area contributed by atoms with Crippen molar-refractivity contribution in [2.24, 2.45) is 0 Å². The van der Waals surface area contributed by atoms with Crippen LogP contribution in [0, 0.1) is 0 Å². The van der Waals surface area contributed by atoms with E-state index in [1.165, 1.54) is 6.42 Å². The number of pyridine rings is 1. The van der Waals surface area contributed by atoms with Crippen molar-refractivity contribution in [2.45, 2.75) is 32.7 Å². The Morgan fingerprint density at radius 1 is 1.21 bits per heavy atom. The number of nitrogens with one attached hydrogen (secondary N) is 2. The SMILES string of the molecule is CCN1C(=O)N(c2cc(OC)cc(C(=O)NN3CCCCC3)c2)Cc2cnc3[nH]ccc3c21. The number of rotatable bonds is 5. The van der Waals surface area contributed by atoms with Crippen LogP contribution < -0.4 is 20.0 Å². The van der Waals surface area contributed by atoms with Crippen molar-refractivity contribution >= 4 is 34.3 Å². The maximum Gasteiger partial charge on any atom is 0.329 e. The fraction of sp³-hybridized carbons (Fsp3) is 0.375. The van der Waals surface area contributed by atoms with Crippen LogP contribution in [0.1, 0.15) is 42.1 Å². The zero-order valence-electron chi connectivity index (χ0n) is 18.9. The lowest BCUT2D eigenvalue weighted by atomic mass is 10.1. The van der Waals surface area contributed by atoms with Gasteiger partial charge in [0.25, 0.3) is 5.91 Å². The Kier molecular flexibility index (Phi) is 5.63. The Morgan fingerprint density at radius 3 is 2.79 bits per heavy atom. The van der Waals surface area contributed by atoms with Crippen molar-refractivity contribution < 1.29 is 14.3 Å². The number of hydrogen-bond donors (Lipinski definition) is 2. The molecule has 0 saturated carbocycles. The molecule has 5 rings (SSSR count). The van der Waals surface area contributed by atoms with Crippen LogP contribution in [0.4, 0.5) is 16.2 Å². The second kappa shape index (κ2) is 8.74. The number of amides is 3. The molecule has 1 fully saturated rings. The van der Waals surface area contributed by atoms with Crippen LogP contribution in [0.3, 0.4) is 0 Å². The van der Waals surface area contributed by atoms with Crippen molar-refractivity contribution in [3.8, 4) is 5.75 Å². The third kappa shape index (κ3) is 3.89. The lowest BCUT2D eigenvalue weighted by molar-refractivity contribution is 0.0749. The number of aromatic nitrogens is 2. The van der Waals surface area contributed by atoms with E-state index in [-0.39, 0.29) is 11.9 Å². The molecule has 3 amide bonds. The van der Waals surface area contributed by atoms with Gasteiger partial charge in [0, 0.05) is 54.6 Å². The normalized spacial score (nSPS) is 16.7. The van der Waals surface area contributed by atoms with Gasteiger partial charge < -0.3 is 9.72 Å². The summed E-state index contributed by atoms with van der Waals surface area (Å²) in [6.07, 6.45) is 6.96. The number of carbonyl (C=O) groups excluding carboxylic acids is 2. The molecule has 9 nitrogen and oxygen atoms in total.